The third kappa shape index (κ3) is 3.02. The number of thiophene rings is 1. The molecule has 2 aromatic heterocycles. The molecule has 1 saturated heterocycles. The molecule has 102 valence electrons. The molecule has 0 spiro atoms. The van der Waals surface area contributed by atoms with Crippen LogP contribution in [0.1, 0.15) is 23.2 Å². The van der Waals surface area contributed by atoms with Crippen molar-refractivity contribution in [1.82, 2.24) is 15.3 Å². The van der Waals surface area contributed by atoms with Gasteiger partial charge in [0.05, 0.1) is 5.60 Å². The standard InChI is InChI=1S/C13H17N3OS2/c17-13(3-7-18-9-13)8-16-11(10-2-1-6-19-10)12-14-4-5-15-12/h1-2,4-6,11,16-17H,3,7-9H2,(H,14,15)/t11-,13-/m1/s1. The van der Waals surface area contributed by atoms with Gasteiger partial charge in [-0.25, -0.2) is 4.98 Å². The first-order valence-electron chi connectivity index (χ1n) is 6.33. The van der Waals surface area contributed by atoms with Crippen molar-refractivity contribution in [3.8, 4) is 0 Å². The molecule has 6 heteroatoms. The van der Waals surface area contributed by atoms with Crippen LogP contribution in [0.2, 0.25) is 0 Å². The number of thioether (sulfide) groups is 1. The minimum atomic E-state index is -0.577. The largest absolute Gasteiger partial charge is 0.388 e. The van der Waals surface area contributed by atoms with E-state index in [1.807, 2.05) is 24.0 Å². The summed E-state index contributed by atoms with van der Waals surface area (Å²) in [6, 6.07) is 4.17. The predicted octanol–water partition coefficient (Wildman–Crippen LogP) is 2.02. The monoisotopic (exact) mass is 295 g/mol. The molecule has 3 heterocycles. The van der Waals surface area contributed by atoms with Gasteiger partial charge in [0.2, 0.25) is 0 Å². The van der Waals surface area contributed by atoms with Crippen LogP contribution in [0.4, 0.5) is 0 Å². The fourth-order valence-corrected chi connectivity index (χ4v) is 4.35. The molecule has 3 rings (SSSR count). The second kappa shape index (κ2) is 5.66. The van der Waals surface area contributed by atoms with E-state index in [1.165, 1.54) is 4.88 Å². The maximum Gasteiger partial charge on any atom is 0.128 e. The Balaban J connectivity index is 1.73. The molecule has 2 atom stereocenters. The third-order valence-corrected chi connectivity index (χ3v) is 5.51. The summed E-state index contributed by atoms with van der Waals surface area (Å²) < 4.78 is 0. The number of aromatic amines is 1. The number of nitrogens with one attached hydrogen (secondary N) is 2. The topological polar surface area (TPSA) is 60.9 Å². The summed E-state index contributed by atoms with van der Waals surface area (Å²) in [5.41, 5.74) is -0.577. The predicted molar refractivity (Wildman–Crippen MR) is 79.6 cm³/mol. The van der Waals surface area contributed by atoms with Gasteiger partial charge in [-0.1, -0.05) is 6.07 Å². The lowest BCUT2D eigenvalue weighted by atomic mass is 10.0. The van der Waals surface area contributed by atoms with Crippen molar-refractivity contribution in [3.05, 3.63) is 40.6 Å². The molecule has 1 aliphatic rings. The highest BCUT2D eigenvalue weighted by Gasteiger charge is 2.32. The molecular formula is C13H17N3OS2. The molecule has 0 bridgehead atoms. The Labute approximate surface area is 120 Å². The SMILES string of the molecule is O[C@@]1(CN[C@@H](c2ncc[nH]2)c2cccs2)CCSC1. The van der Waals surface area contributed by atoms with Gasteiger partial charge in [-0.05, 0) is 23.6 Å². The maximum atomic E-state index is 10.4. The molecule has 0 aromatic carbocycles. The normalized spacial score (nSPS) is 24.7. The molecule has 0 amide bonds. The number of imidazole rings is 1. The fraction of sp³-hybridized carbons (Fsp3) is 0.462. The fourth-order valence-electron chi connectivity index (χ4n) is 2.25. The van der Waals surface area contributed by atoms with E-state index in [4.69, 9.17) is 0 Å². The molecule has 2 aromatic rings. The van der Waals surface area contributed by atoms with Crippen LogP contribution in [0.5, 0.6) is 0 Å². The zero-order chi connectivity index (χ0) is 13.1. The molecule has 4 nitrogen and oxygen atoms in total. The number of nitrogens with zero attached hydrogens (tertiary/aromatic N) is 1. The molecule has 1 aliphatic heterocycles. The van der Waals surface area contributed by atoms with Crippen molar-refractivity contribution in [2.45, 2.75) is 18.1 Å². The van der Waals surface area contributed by atoms with Crippen LogP contribution in [0.3, 0.4) is 0 Å². The first-order chi connectivity index (χ1) is 9.27. The van der Waals surface area contributed by atoms with Crippen LogP contribution in [-0.4, -0.2) is 38.7 Å². The summed E-state index contributed by atoms with van der Waals surface area (Å²) in [6.07, 6.45) is 4.45. The number of H-pyrrole nitrogens is 1. The van der Waals surface area contributed by atoms with Gasteiger partial charge in [0, 0.05) is 29.6 Å². The lowest BCUT2D eigenvalue weighted by molar-refractivity contribution is 0.0657. The molecule has 3 N–H and O–H groups in total. The van der Waals surface area contributed by atoms with Gasteiger partial charge in [-0.15, -0.1) is 11.3 Å². The number of hydrogen-bond donors (Lipinski definition) is 3. The molecule has 0 unspecified atom stereocenters. The summed E-state index contributed by atoms with van der Waals surface area (Å²) >= 11 is 3.52. The molecule has 0 aliphatic carbocycles. The molecule has 0 radical (unpaired) electrons. The summed E-state index contributed by atoms with van der Waals surface area (Å²) in [5, 5.41) is 15.9. The first kappa shape index (κ1) is 13.2. The summed E-state index contributed by atoms with van der Waals surface area (Å²) in [4.78, 5) is 8.71. The smallest absolute Gasteiger partial charge is 0.128 e. The highest BCUT2D eigenvalue weighted by atomic mass is 32.2. The molecular weight excluding hydrogens is 278 g/mol. The molecule has 1 fully saturated rings. The number of hydrogen-bond acceptors (Lipinski definition) is 5. The van der Waals surface area contributed by atoms with E-state index >= 15 is 0 Å². The van der Waals surface area contributed by atoms with Gasteiger partial charge < -0.3 is 15.4 Å². The van der Waals surface area contributed by atoms with Crippen LogP contribution < -0.4 is 5.32 Å². The Kier molecular flexibility index (Phi) is 3.93. The van der Waals surface area contributed by atoms with E-state index in [9.17, 15) is 5.11 Å². The van der Waals surface area contributed by atoms with Crippen LogP contribution in [0.25, 0.3) is 0 Å². The van der Waals surface area contributed by atoms with Gasteiger partial charge in [-0.2, -0.15) is 11.8 Å². The van der Waals surface area contributed by atoms with Crippen molar-refractivity contribution in [2.24, 2.45) is 0 Å². The Morgan fingerprint density at radius 3 is 3.16 bits per heavy atom. The van der Waals surface area contributed by atoms with Gasteiger partial charge in [0.15, 0.2) is 0 Å². The quantitative estimate of drug-likeness (QED) is 0.790. The van der Waals surface area contributed by atoms with Crippen LogP contribution in [0, 0.1) is 0 Å². The van der Waals surface area contributed by atoms with E-state index in [2.05, 4.69) is 26.7 Å². The number of rotatable bonds is 5. The Hall–Kier alpha value is -0.820. The average molecular weight is 295 g/mol. The van der Waals surface area contributed by atoms with Gasteiger partial charge in [0.25, 0.3) is 0 Å². The zero-order valence-corrected chi connectivity index (χ0v) is 12.1. The summed E-state index contributed by atoms with van der Waals surface area (Å²) in [7, 11) is 0. The van der Waals surface area contributed by atoms with Gasteiger partial charge in [-0.3, -0.25) is 0 Å². The molecule has 0 saturated carbocycles. The lowest BCUT2D eigenvalue weighted by Crippen LogP contribution is -2.42. The third-order valence-electron chi connectivity index (χ3n) is 3.34. The Morgan fingerprint density at radius 1 is 1.58 bits per heavy atom. The second-order valence-electron chi connectivity index (χ2n) is 4.83. The van der Waals surface area contributed by atoms with Crippen LogP contribution in [-0.2, 0) is 0 Å². The Bertz CT molecular complexity index is 458. The van der Waals surface area contributed by atoms with E-state index in [1.54, 1.807) is 17.5 Å². The highest BCUT2D eigenvalue weighted by molar-refractivity contribution is 7.99. The lowest BCUT2D eigenvalue weighted by Gasteiger charge is -2.25. The highest BCUT2D eigenvalue weighted by Crippen LogP contribution is 2.29. The van der Waals surface area contributed by atoms with Gasteiger partial charge >= 0.3 is 0 Å². The van der Waals surface area contributed by atoms with Gasteiger partial charge in [0.1, 0.15) is 11.9 Å². The van der Waals surface area contributed by atoms with Crippen molar-refractivity contribution in [2.75, 3.05) is 18.1 Å². The minimum Gasteiger partial charge on any atom is -0.388 e. The van der Waals surface area contributed by atoms with E-state index in [0.29, 0.717) is 6.54 Å². The van der Waals surface area contributed by atoms with Crippen LogP contribution in [0.15, 0.2) is 29.9 Å². The number of aromatic nitrogens is 2. The van der Waals surface area contributed by atoms with Crippen molar-refractivity contribution < 1.29 is 5.11 Å². The Morgan fingerprint density at radius 2 is 2.53 bits per heavy atom. The maximum absolute atomic E-state index is 10.4. The zero-order valence-electron chi connectivity index (χ0n) is 10.5. The van der Waals surface area contributed by atoms with Crippen molar-refractivity contribution in [1.29, 1.82) is 0 Å². The van der Waals surface area contributed by atoms with E-state index < -0.39 is 5.60 Å². The number of aliphatic hydroxyl groups is 1. The first-order valence-corrected chi connectivity index (χ1v) is 8.36. The second-order valence-corrected chi connectivity index (χ2v) is 6.92. The van der Waals surface area contributed by atoms with Crippen molar-refractivity contribution in [3.63, 3.8) is 0 Å². The molecule has 19 heavy (non-hydrogen) atoms. The average Bonchev–Trinajstić information content (AvgIpc) is 3.11. The summed E-state index contributed by atoms with van der Waals surface area (Å²) in [6.45, 7) is 0.600. The van der Waals surface area contributed by atoms with Crippen LogP contribution >= 0.6 is 23.1 Å². The van der Waals surface area contributed by atoms with E-state index in [0.717, 1.165) is 23.8 Å². The van der Waals surface area contributed by atoms with Crippen molar-refractivity contribution >= 4 is 23.1 Å². The minimum absolute atomic E-state index is 0.0321. The van der Waals surface area contributed by atoms with E-state index in [-0.39, 0.29) is 6.04 Å². The summed E-state index contributed by atoms with van der Waals surface area (Å²) in [5.74, 6) is 2.76.